The molecule has 18 heavy (non-hydrogen) atoms. The maximum Gasteiger partial charge on any atom is 0.338 e. The average Bonchev–Trinajstić information content (AvgIpc) is 2.70. The van der Waals surface area contributed by atoms with E-state index in [1.165, 1.54) is 12.1 Å². The summed E-state index contributed by atoms with van der Waals surface area (Å²) >= 11 is 3.20. The van der Waals surface area contributed by atoms with Gasteiger partial charge in [-0.15, -0.1) is 0 Å². The van der Waals surface area contributed by atoms with Crippen LogP contribution < -0.4 is 0 Å². The predicted molar refractivity (Wildman–Crippen MR) is 68.1 cm³/mol. The van der Waals surface area contributed by atoms with Crippen LogP contribution in [0, 0.1) is 0 Å². The van der Waals surface area contributed by atoms with E-state index in [-0.39, 0.29) is 12.4 Å². The summed E-state index contributed by atoms with van der Waals surface area (Å²) < 4.78 is 7.37. The number of carbonyl (C=O) groups excluding carboxylic acids is 1. The van der Waals surface area contributed by atoms with Crippen LogP contribution in [0.5, 0.6) is 5.75 Å². The number of aromatic hydroxyl groups is 1. The minimum Gasteiger partial charge on any atom is -0.508 e. The van der Waals surface area contributed by atoms with E-state index in [9.17, 15) is 9.90 Å². The molecule has 0 radical (unpaired) electrons. The number of hydrogen-bond donors (Lipinski definition) is 1. The Morgan fingerprint density at radius 1 is 1.50 bits per heavy atom. The normalized spacial score (nSPS) is 10.3. The van der Waals surface area contributed by atoms with Crippen LogP contribution in [0.25, 0.3) is 0 Å². The fourth-order valence-electron chi connectivity index (χ4n) is 1.47. The van der Waals surface area contributed by atoms with E-state index in [0.717, 1.165) is 5.56 Å². The first-order valence-electron chi connectivity index (χ1n) is 5.19. The summed E-state index contributed by atoms with van der Waals surface area (Å²) in [6, 6.07) is 4.44. The van der Waals surface area contributed by atoms with Crippen molar-refractivity contribution in [3.8, 4) is 5.75 Å². The van der Waals surface area contributed by atoms with E-state index in [2.05, 4.69) is 21.0 Å². The molecular weight excluding hydrogens is 300 g/mol. The zero-order valence-corrected chi connectivity index (χ0v) is 11.2. The molecule has 0 aliphatic heterocycles. The fourth-order valence-corrected chi connectivity index (χ4v) is 1.95. The number of aromatic nitrogens is 2. The quantitative estimate of drug-likeness (QED) is 0.883. The van der Waals surface area contributed by atoms with Crippen molar-refractivity contribution in [2.75, 3.05) is 0 Å². The Balaban J connectivity index is 2.03. The summed E-state index contributed by atoms with van der Waals surface area (Å²) in [5.41, 5.74) is 1.11. The van der Waals surface area contributed by atoms with Gasteiger partial charge >= 0.3 is 5.97 Å². The van der Waals surface area contributed by atoms with E-state index in [0.29, 0.717) is 10.0 Å². The molecule has 1 aromatic carbocycles. The monoisotopic (exact) mass is 310 g/mol. The van der Waals surface area contributed by atoms with Gasteiger partial charge in [-0.3, -0.25) is 4.68 Å². The van der Waals surface area contributed by atoms with E-state index < -0.39 is 5.97 Å². The third-order valence-corrected chi connectivity index (χ3v) is 2.70. The summed E-state index contributed by atoms with van der Waals surface area (Å²) in [6.45, 7) is 0.153. The number of aryl methyl sites for hydroxylation is 1. The lowest BCUT2D eigenvalue weighted by Crippen LogP contribution is -2.04. The van der Waals surface area contributed by atoms with Crippen molar-refractivity contribution < 1.29 is 14.6 Å². The largest absolute Gasteiger partial charge is 0.508 e. The highest BCUT2D eigenvalue weighted by atomic mass is 79.9. The number of esters is 1. The van der Waals surface area contributed by atoms with Crippen LogP contribution in [-0.2, 0) is 18.4 Å². The smallest absolute Gasteiger partial charge is 0.338 e. The van der Waals surface area contributed by atoms with Gasteiger partial charge in [0, 0.05) is 23.3 Å². The number of hydrogen-bond acceptors (Lipinski definition) is 4. The Morgan fingerprint density at radius 2 is 2.28 bits per heavy atom. The zero-order valence-electron chi connectivity index (χ0n) is 9.63. The highest BCUT2D eigenvalue weighted by Gasteiger charge is 2.10. The summed E-state index contributed by atoms with van der Waals surface area (Å²) in [4.78, 5) is 11.7. The van der Waals surface area contributed by atoms with Gasteiger partial charge in [0.15, 0.2) is 0 Å². The molecule has 5 nitrogen and oxygen atoms in total. The topological polar surface area (TPSA) is 64.3 Å². The number of phenols is 1. The second-order valence-corrected chi connectivity index (χ2v) is 4.71. The molecule has 1 heterocycles. The molecule has 1 aromatic heterocycles. The molecule has 0 aliphatic carbocycles. The van der Waals surface area contributed by atoms with Gasteiger partial charge in [0.2, 0.25) is 0 Å². The maximum absolute atomic E-state index is 11.7. The molecule has 0 saturated heterocycles. The summed E-state index contributed by atoms with van der Waals surface area (Å²) in [7, 11) is 1.79. The molecule has 0 unspecified atom stereocenters. The maximum atomic E-state index is 11.7. The summed E-state index contributed by atoms with van der Waals surface area (Å²) in [6.07, 6.45) is 3.40. The molecule has 2 aromatic rings. The van der Waals surface area contributed by atoms with Crippen LogP contribution in [0.2, 0.25) is 0 Å². The van der Waals surface area contributed by atoms with Crippen molar-refractivity contribution in [2.24, 2.45) is 7.05 Å². The average molecular weight is 311 g/mol. The van der Waals surface area contributed by atoms with Gasteiger partial charge in [0.25, 0.3) is 0 Å². The predicted octanol–water partition coefficient (Wildman–Crippen LogP) is 2.25. The van der Waals surface area contributed by atoms with Gasteiger partial charge in [0.1, 0.15) is 12.4 Å². The van der Waals surface area contributed by atoms with Crippen LogP contribution in [-0.4, -0.2) is 20.9 Å². The lowest BCUT2D eigenvalue weighted by Gasteiger charge is -2.04. The van der Waals surface area contributed by atoms with Gasteiger partial charge in [-0.05, 0) is 18.2 Å². The second-order valence-electron chi connectivity index (χ2n) is 3.80. The van der Waals surface area contributed by atoms with Crippen molar-refractivity contribution in [1.29, 1.82) is 0 Å². The lowest BCUT2D eigenvalue weighted by atomic mass is 10.2. The number of rotatable bonds is 3. The fraction of sp³-hybridized carbons (Fsp3) is 0.167. The van der Waals surface area contributed by atoms with Crippen LogP contribution >= 0.6 is 15.9 Å². The number of phenolic OH excluding ortho intramolecular Hbond substituents is 1. The molecule has 94 valence electrons. The number of carbonyl (C=O) groups is 1. The van der Waals surface area contributed by atoms with E-state index in [1.807, 2.05) is 0 Å². The highest BCUT2D eigenvalue weighted by Crippen LogP contribution is 2.21. The summed E-state index contributed by atoms with van der Waals surface area (Å²) in [5.74, 6) is -0.479. The third-order valence-electron chi connectivity index (χ3n) is 2.25. The SMILES string of the molecule is Cn1cc(COC(=O)c2cc(O)cc(Br)c2)cn1. The Morgan fingerprint density at radius 3 is 2.89 bits per heavy atom. The number of nitrogens with zero attached hydrogens (tertiary/aromatic N) is 2. The van der Waals surface area contributed by atoms with E-state index >= 15 is 0 Å². The Kier molecular flexibility index (Phi) is 3.66. The minimum atomic E-state index is -0.490. The molecule has 0 fully saturated rings. The molecule has 0 spiro atoms. The number of halogens is 1. The number of ether oxygens (including phenoxy) is 1. The van der Waals surface area contributed by atoms with Crippen LogP contribution in [0.4, 0.5) is 0 Å². The molecule has 0 saturated carbocycles. The first-order valence-corrected chi connectivity index (χ1v) is 5.98. The Bertz CT molecular complexity index is 560. The molecule has 1 N–H and O–H groups in total. The molecule has 0 bridgehead atoms. The standard InChI is InChI=1S/C12H11BrN2O3/c1-15-6-8(5-14-15)7-18-12(17)9-2-10(13)4-11(16)3-9/h2-6,16H,7H2,1H3. The molecule has 2 rings (SSSR count). The lowest BCUT2D eigenvalue weighted by molar-refractivity contribution is 0.0472. The van der Waals surface area contributed by atoms with Crippen LogP contribution in [0.15, 0.2) is 35.1 Å². The molecular formula is C12H11BrN2O3. The zero-order chi connectivity index (χ0) is 13.1. The van der Waals surface area contributed by atoms with Gasteiger partial charge in [-0.1, -0.05) is 15.9 Å². The van der Waals surface area contributed by atoms with Crippen molar-refractivity contribution in [1.82, 2.24) is 9.78 Å². The van der Waals surface area contributed by atoms with Gasteiger partial charge in [-0.25, -0.2) is 4.79 Å². The van der Waals surface area contributed by atoms with Crippen molar-refractivity contribution in [3.63, 3.8) is 0 Å². The van der Waals surface area contributed by atoms with Crippen LogP contribution in [0.1, 0.15) is 15.9 Å². The molecule has 6 heteroatoms. The first-order chi connectivity index (χ1) is 8.54. The molecule has 0 amide bonds. The Labute approximate surface area is 112 Å². The van der Waals surface area contributed by atoms with Crippen molar-refractivity contribution >= 4 is 21.9 Å². The Hall–Kier alpha value is -1.82. The van der Waals surface area contributed by atoms with Gasteiger partial charge in [-0.2, -0.15) is 5.10 Å². The second kappa shape index (κ2) is 5.22. The summed E-state index contributed by atoms with van der Waals surface area (Å²) in [5, 5.41) is 13.4. The van der Waals surface area contributed by atoms with Crippen molar-refractivity contribution in [2.45, 2.75) is 6.61 Å². The third kappa shape index (κ3) is 3.10. The minimum absolute atomic E-state index is 0.0118. The number of benzene rings is 1. The van der Waals surface area contributed by atoms with Crippen molar-refractivity contribution in [3.05, 3.63) is 46.2 Å². The van der Waals surface area contributed by atoms with E-state index in [1.54, 1.807) is 30.2 Å². The van der Waals surface area contributed by atoms with Gasteiger partial charge < -0.3 is 9.84 Å². The van der Waals surface area contributed by atoms with E-state index in [4.69, 9.17) is 4.74 Å². The van der Waals surface area contributed by atoms with Crippen LogP contribution in [0.3, 0.4) is 0 Å². The first kappa shape index (κ1) is 12.6. The van der Waals surface area contributed by atoms with Gasteiger partial charge in [0.05, 0.1) is 11.8 Å². The highest BCUT2D eigenvalue weighted by molar-refractivity contribution is 9.10. The molecule has 0 atom stereocenters. The molecule has 0 aliphatic rings.